The summed E-state index contributed by atoms with van der Waals surface area (Å²) in [5.41, 5.74) is 1.27. The van der Waals surface area contributed by atoms with Crippen LogP contribution in [-0.2, 0) is 20.1 Å². The maximum absolute atomic E-state index is 8.81. The SMILES string of the molecule is N#Cc1ccc[c-]c1-n1cccn1.[Ir]. The number of nitriles is 1. The standard InChI is InChI=1S/C10H6N3.Ir/c11-8-9-4-1-2-5-10(9)13-7-3-6-12-13;/h1-4,6-7H;/q-1;. The number of aromatic nitrogens is 2. The molecular weight excluding hydrogens is 354 g/mol. The summed E-state index contributed by atoms with van der Waals surface area (Å²) in [6, 6.07) is 12.2. The Labute approximate surface area is 95.3 Å². The molecule has 0 unspecified atom stereocenters. The van der Waals surface area contributed by atoms with E-state index in [-0.39, 0.29) is 20.1 Å². The van der Waals surface area contributed by atoms with Crippen LogP contribution in [0, 0.1) is 17.4 Å². The van der Waals surface area contributed by atoms with Crippen LogP contribution in [0.15, 0.2) is 36.7 Å². The maximum atomic E-state index is 8.81. The third kappa shape index (κ3) is 1.90. The minimum Gasteiger partial charge on any atom is -0.264 e. The molecule has 4 heteroatoms. The van der Waals surface area contributed by atoms with Gasteiger partial charge in [0, 0.05) is 38.6 Å². The van der Waals surface area contributed by atoms with E-state index in [2.05, 4.69) is 17.2 Å². The molecule has 1 radical (unpaired) electrons. The van der Waals surface area contributed by atoms with E-state index in [4.69, 9.17) is 5.26 Å². The molecule has 1 aromatic carbocycles. The molecule has 3 nitrogen and oxygen atoms in total. The quantitative estimate of drug-likeness (QED) is 0.724. The first-order chi connectivity index (χ1) is 6.42. The van der Waals surface area contributed by atoms with Gasteiger partial charge in [-0.1, -0.05) is 0 Å². The summed E-state index contributed by atoms with van der Waals surface area (Å²) in [5, 5.41) is 12.8. The first-order valence-corrected chi connectivity index (χ1v) is 3.82. The van der Waals surface area contributed by atoms with E-state index in [9.17, 15) is 0 Å². The molecule has 0 fully saturated rings. The van der Waals surface area contributed by atoms with Crippen molar-refractivity contribution in [2.45, 2.75) is 0 Å². The average molecular weight is 360 g/mol. The van der Waals surface area contributed by atoms with Crippen LogP contribution < -0.4 is 0 Å². The molecule has 0 bridgehead atoms. The monoisotopic (exact) mass is 361 g/mol. The summed E-state index contributed by atoms with van der Waals surface area (Å²) in [7, 11) is 0. The molecule has 0 aliphatic rings. The van der Waals surface area contributed by atoms with Gasteiger partial charge in [-0.2, -0.15) is 29.4 Å². The van der Waals surface area contributed by atoms with E-state index in [1.54, 1.807) is 35.3 Å². The second-order valence-electron chi connectivity index (χ2n) is 2.49. The maximum Gasteiger partial charge on any atom is 0.0493 e. The zero-order chi connectivity index (χ0) is 9.10. The van der Waals surface area contributed by atoms with Gasteiger partial charge in [0.1, 0.15) is 0 Å². The van der Waals surface area contributed by atoms with Crippen molar-refractivity contribution in [2.24, 2.45) is 0 Å². The van der Waals surface area contributed by atoms with Crippen LogP contribution in [-0.4, -0.2) is 9.78 Å². The molecule has 1 aromatic heterocycles. The van der Waals surface area contributed by atoms with Gasteiger partial charge in [0.05, 0.1) is 0 Å². The third-order valence-electron chi connectivity index (χ3n) is 1.69. The van der Waals surface area contributed by atoms with Crippen molar-refractivity contribution in [3.05, 3.63) is 48.3 Å². The third-order valence-corrected chi connectivity index (χ3v) is 1.69. The van der Waals surface area contributed by atoms with Gasteiger partial charge in [0.2, 0.25) is 0 Å². The summed E-state index contributed by atoms with van der Waals surface area (Å²) in [6.07, 6.45) is 3.45. The molecule has 2 rings (SSSR count). The van der Waals surface area contributed by atoms with Crippen LogP contribution in [0.4, 0.5) is 0 Å². The number of nitrogens with zero attached hydrogens (tertiary/aromatic N) is 3. The van der Waals surface area contributed by atoms with E-state index in [0.29, 0.717) is 11.3 Å². The molecule has 2 aromatic rings. The van der Waals surface area contributed by atoms with Crippen molar-refractivity contribution in [2.75, 3.05) is 0 Å². The van der Waals surface area contributed by atoms with E-state index in [1.807, 2.05) is 6.07 Å². The Balaban J connectivity index is 0.000000980. The Morgan fingerprint density at radius 2 is 2.29 bits per heavy atom. The fourth-order valence-corrected chi connectivity index (χ4v) is 1.11. The van der Waals surface area contributed by atoms with Gasteiger partial charge in [0.15, 0.2) is 0 Å². The molecule has 0 aliphatic carbocycles. The number of hydrogen-bond acceptors (Lipinski definition) is 2. The van der Waals surface area contributed by atoms with Gasteiger partial charge >= 0.3 is 0 Å². The molecule has 0 N–H and O–H groups in total. The molecule has 0 saturated carbocycles. The first kappa shape index (κ1) is 10.6. The summed E-state index contributed by atoms with van der Waals surface area (Å²) < 4.78 is 1.62. The van der Waals surface area contributed by atoms with Gasteiger partial charge in [-0.15, -0.1) is 0 Å². The van der Waals surface area contributed by atoms with E-state index >= 15 is 0 Å². The summed E-state index contributed by atoms with van der Waals surface area (Å²) in [6.45, 7) is 0. The van der Waals surface area contributed by atoms with Crippen LogP contribution in [0.25, 0.3) is 5.69 Å². The molecule has 14 heavy (non-hydrogen) atoms. The number of rotatable bonds is 1. The first-order valence-electron chi connectivity index (χ1n) is 3.82. The van der Waals surface area contributed by atoms with Crippen molar-refractivity contribution in [1.29, 1.82) is 5.26 Å². The van der Waals surface area contributed by atoms with Gasteiger partial charge in [-0.05, 0) is 17.3 Å². The van der Waals surface area contributed by atoms with Crippen LogP contribution in [0.3, 0.4) is 0 Å². The Hall–Kier alpha value is -1.43. The minimum atomic E-state index is 0. The minimum absolute atomic E-state index is 0. The van der Waals surface area contributed by atoms with Gasteiger partial charge in [-0.3, -0.25) is 4.68 Å². The van der Waals surface area contributed by atoms with E-state index in [0.717, 1.165) is 0 Å². The zero-order valence-electron chi connectivity index (χ0n) is 7.14. The second-order valence-corrected chi connectivity index (χ2v) is 2.49. The Morgan fingerprint density at radius 1 is 1.43 bits per heavy atom. The molecule has 0 aliphatic heterocycles. The fraction of sp³-hybridized carbons (Fsp3) is 0. The van der Waals surface area contributed by atoms with Crippen LogP contribution >= 0.6 is 0 Å². The average Bonchev–Trinajstić information content (AvgIpc) is 2.70. The van der Waals surface area contributed by atoms with Gasteiger partial charge in [0.25, 0.3) is 0 Å². The summed E-state index contributed by atoms with van der Waals surface area (Å²) in [5.74, 6) is 0. The predicted molar refractivity (Wildman–Crippen MR) is 47.1 cm³/mol. The molecule has 0 amide bonds. The van der Waals surface area contributed by atoms with Crippen LogP contribution in [0.5, 0.6) is 0 Å². The van der Waals surface area contributed by atoms with E-state index < -0.39 is 0 Å². The molecule has 0 atom stereocenters. The molecule has 0 saturated heterocycles. The topological polar surface area (TPSA) is 41.6 Å². The Morgan fingerprint density at radius 3 is 2.93 bits per heavy atom. The number of para-hydroxylation sites is 1. The Bertz CT molecular complexity index is 443. The number of hydrogen-bond donors (Lipinski definition) is 0. The largest absolute Gasteiger partial charge is 0.264 e. The van der Waals surface area contributed by atoms with Crippen molar-refractivity contribution in [3.63, 3.8) is 0 Å². The normalized spacial score (nSPS) is 8.79. The smallest absolute Gasteiger partial charge is 0.0493 e. The second kappa shape index (κ2) is 4.71. The van der Waals surface area contributed by atoms with Gasteiger partial charge < -0.3 is 0 Å². The van der Waals surface area contributed by atoms with Crippen molar-refractivity contribution >= 4 is 0 Å². The van der Waals surface area contributed by atoms with Crippen LogP contribution in [0.1, 0.15) is 5.56 Å². The van der Waals surface area contributed by atoms with Crippen molar-refractivity contribution in [1.82, 2.24) is 9.78 Å². The summed E-state index contributed by atoms with van der Waals surface area (Å²) >= 11 is 0. The zero-order valence-corrected chi connectivity index (χ0v) is 9.53. The van der Waals surface area contributed by atoms with E-state index in [1.165, 1.54) is 0 Å². The molecule has 71 valence electrons. The Kier molecular flexibility index (Phi) is 3.58. The number of benzene rings is 1. The fourth-order valence-electron chi connectivity index (χ4n) is 1.11. The van der Waals surface area contributed by atoms with Gasteiger partial charge in [-0.25, -0.2) is 5.26 Å². The van der Waals surface area contributed by atoms with Crippen molar-refractivity contribution in [3.8, 4) is 11.8 Å². The summed E-state index contributed by atoms with van der Waals surface area (Å²) in [4.78, 5) is 0. The van der Waals surface area contributed by atoms with Crippen molar-refractivity contribution < 1.29 is 20.1 Å². The molecule has 1 heterocycles. The van der Waals surface area contributed by atoms with Crippen LogP contribution in [0.2, 0.25) is 0 Å². The molecule has 0 spiro atoms. The molecular formula is C10H6IrN3-. The predicted octanol–water partition coefficient (Wildman–Crippen LogP) is 1.54.